The first-order chi connectivity index (χ1) is 10.6. The van der Waals surface area contributed by atoms with Gasteiger partial charge in [-0.15, -0.1) is 0 Å². The predicted octanol–water partition coefficient (Wildman–Crippen LogP) is -0.113. The molecule has 2 aliphatic rings. The van der Waals surface area contributed by atoms with Gasteiger partial charge in [0.25, 0.3) is 5.91 Å². The van der Waals surface area contributed by atoms with Crippen LogP contribution in [0.25, 0.3) is 0 Å². The lowest BCUT2D eigenvalue weighted by Gasteiger charge is -2.31. The second-order valence-corrected chi connectivity index (χ2v) is 5.65. The number of carbonyl (C=O) groups excluding carboxylic acids is 3. The molecule has 22 heavy (non-hydrogen) atoms. The van der Waals surface area contributed by atoms with Gasteiger partial charge in [-0.05, 0) is 31.5 Å². The van der Waals surface area contributed by atoms with E-state index in [2.05, 4.69) is 10.6 Å². The molecular weight excluding hydrogens is 284 g/mol. The van der Waals surface area contributed by atoms with Gasteiger partial charge in [-0.3, -0.25) is 9.59 Å². The number of nitrogens with two attached hydrogens (primary N) is 1. The second kappa shape index (κ2) is 5.42. The Labute approximate surface area is 127 Å². The average molecular weight is 302 g/mol. The van der Waals surface area contributed by atoms with Crippen LogP contribution in [0.15, 0.2) is 30.3 Å². The van der Waals surface area contributed by atoms with Crippen LogP contribution in [0.2, 0.25) is 0 Å². The zero-order chi connectivity index (χ0) is 15.7. The number of urea groups is 1. The standard InChI is InChI=1S/C15H18N4O3/c16-12(20)11(10-4-2-1-3-5-10)19-13(21)15(18-14(19)22)6-8-17-9-7-15/h1-5,11,17H,6-9H2,(H2,16,20)(H,18,22). The van der Waals surface area contributed by atoms with Gasteiger partial charge in [0.1, 0.15) is 11.6 Å². The Balaban J connectivity index is 1.97. The van der Waals surface area contributed by atoms with Gasteiger partial charge < -0.3 is 16.4 Å². The van der Waals surface area contributed by atoms with Gasteiger partial charge in [0, 0.05) is 0 Å². The van der Waals surface area contributed by atoms with Crippen molar-refractivity contribution in [1.29, 1.82) is 0 Å². The minimum absolute atomic E-state index is 0.369. The number of rotatable bonds is 3. The van der Waals surface area contributed by atoms with Crippen molar-refractivity contribution in [2.24, 2.45) is 5.73 Å². The fourth-order valence-electron chi connectivity index (χ4n) is 3.14. The number of carbonyl (C=O) groups is 3. The Kier molecular flexibility index (Phi) is 3.58. The van der Waals surface area contributed by atoms with E-state index in [9.17, 15) is 14.4 Å². The molecule has 2 aliphatic heterocycles. The largest absolute Gasteiger partial charge is 0.368 e. The summed E-state index contributed by atoms with van der Waals surface area (Å²) < 4.78 is 0. The highest BCUT2D eigenvalue weighted by Gasteiger charge is 2.54. The number of primary amides is 1. The molecule has 7 nitrogen and oxygen atoms in total. The Hall–Kier alpha value is -2.41. The highest BCUT2D eigenvalue weighted by molar-refractivity contribution is 6.10. The molecule has 0 bridgehead atoms. The summed E-state index contributed by atoms with van der Waals surface area (Å²) in [5.41, 5.74) is 5.09. The zero-order valence-electron chi connectivity index (χ0n) is 12.0. The lowest BCUT2D eigenvalue weighted by atomic mass is 9.88. The minimum Gasteiger partial charge on any atom is -0.368 e. The Morgan fingerprint density at radius 2 is 1.82 bits per heavy atom. The van der Waals surface area contributed by atoms with Crippen molar-refractivity contribution in [1.82, 2.24) is 15.5 Å². The molecule has 4 amide bonds. The van der Waals surface area contributed by atoms with Crippen LogP contribution < -0.4 is 16.4 Å². The molecular formula is C15H18N4O3. The molecule has 3 rings (SSSR count). The van der Waals surface area contributed by atoms with Gasteiger partial charge in [-0.25, -0.2) is 9.69 Å². The zero-order valence-corrected chi connectivity index (χ0v) is 12.0. The third-order valence-electron chi connectivity index (χ3n) is 4.29. The van der Waals surface area contributed by atoms with Crippen molar-refractivity contribution in [2.45, 2.75) is 24.4 Å². The fourth-order valence-corrected chi connectivity index (χ4v) is 3.14. The number of nitrogens with one attached hydrogen (secondary N) is 2. The van der Waals surface area contributed by atoms with E-state index >= 15 is 0 Å². The maximum atomic E-state index is 12.8. The first-order valence-corrected chi connectivity index (χ1v) is 7.26. The van der Waals surface area contributed by atoms with E-state index in [1.165, 1.54) is 0 Å². The predicted molar refractivity (Wildman–Crippen MR) is 78.6 cm³/mol. The van der Waals surface area contributed by atoms with Crippen LogP contribution in [-0.2, 0) is 9.59 Å². The number of piperidine rings is 1. The number of amides is 4. The van der Waals surface area contributed by atoms with Crippen molar-refractivity contribution in [2.75, 3.05) is 13.1 Å². The quantitative estimate of drug-likeness (QED) is 0.677. The molecule has 0 radical (unpaired) electrons. The monoisotopic (exact) mass is 302 g/mol. The molecule has 1 spiro atoms. The number of benzene rings is 1. The minimum atomic E-state index is -1.08. The van der Waals surface area contributed by atoms with Gasteiger partial charge in [-0.2, -0.15) is 0 Å². The Morgan fingerprint density at radius 1 is 1.18 bits per heavy atom. The number of hydrogen-bond donors (Lipinski definition) is 3. The third-order valence-corrected chi connectivity index (χ3v) is 4.29. The Bertz CT molecular complexity index is 610. The summed E-state index contributed by atoms with van der Waals surface area (Å²) in [6, 6.07) is 7.00. The lowest BCUT2D eigenvalue weighted by Crippen LogP contribution is -2.54. The third kappa shape index (κ3) is 2.23. The van der Waals surface area contributed by atoms with Gasteiger partial charge in [0.15, 0.2) is 0 Å². The van der Waals surface area contributed by atoms with Crippen LogP contribution in [-0.4, -0.2) is 41.4 Å². The smallest absolute Gasteiger partial charge is 0.326 e. The van der Waals surface area contributed by atoms with Crippen LogP contribution in [0.5, 0.6) is 0 Å². The van der Waals surface area contributed by atoms with E-state index in [0.717, 1.165) is 4.90 Å². The van der Waals surface area contributed by atoms with E-state index in [-0.39, 0.29) is 5.91 Å². The van der Waals surface area contributed by atoms with Gasteiger partial charge in [-0.1, -0.05) is 30.3 Å². The summed E-state index contributed by atoms with van der Waals surface area (Å²) in [5, 5.41) is 5.92. The second-order valence-electron chi connectivity index (χ2n) is 5.65. The van der Waals surface area contributed by atoms with Crippen molar-refractivity contribution >= 4 is 17.8 Å². The summed E-state index contributed by atoms with van der Waals surface area (Å²) >= 11 is 0. The van der Waals surface area contributed by atoms with Crippen molar-refractivity contribution < 1.29 is 14.4 Å². The van der Waals surface area contributed by atoms with E-state index in [4.69, 9.17) is 5.73 Å². The van der Waals surface area contributed by atoms with Gasteiger partial charge in [0.2, 0.25) is 5.91 Å². The highest BCUT2D eigenvalue weighted by atomic mass is 16.2. The average Bonchev–Trinajstić information content (AvgIpc) is 2.74. The van der Waals surface area contributed by atoms with E-state index in [1.807, 2.05) is 0 Å². The molecule has 0 saturated carbocycles. The molecule has 1 aromatic carbocycles. The van der Waals surface area contributed by atoms with Crippen LogP contribution in [0, 0.1) is 0 Å². The van der Waals surface area contributed by atoms with Gasteiger partial charge in [0.05, 0.1) is 0 Å². The van der Waals surface area contributed by atoms with Gasteiger partial charge >= 0.3 is 6.03 Å². The molecule has 1 unspecified atom stereocenters. The summed E-state index contributed by atoms with van der Waals surface area (Å²) in [6.45, 7) is 1.29. The lowest BCUT2D eigenvalue weighted by molar-refractivity contribution is -0.138. The summed E-state index contributed by atoms with van der Waals surface area (Å²) in [6.07, 6.45) is 1.02. The van der Waals surface area contributed by atoms with Crippen LogP contribution in [0.4, 0.5) is 4.79 Å². The molecule has 2 saturated heterocycles. The maximum absolute atomic E-state index is 12.8. The topological polar surface area (TPSA) is 105 Å². The van der Waals surface area contributed by atoms with Crippen molar-refractivity contribution in [3.8, 4) is 0 Å². The number of imide groups is 1. The first kappa shape index (κ1) is 14.5. The number of hydrogen-bond acceptors (Lipinski definition) is 4. The first-order valence-electron chi connectivity index (χ1n) is 7.26. The molecule has 1 atom stereocenters. The number of nitrogens with zero attached hydrogens (tertiary/aromatic N) is 1. The molecule has 2 heterocycles. The summed E-state index contributed by atoms with van der Waals surface area (Å²) in [4.78, 5) is 38.0. The van der Waals surface area contributed by atoms with Crippen LogP contribution in [0.1, 0.15) is 24.4 Å². The SMILES string of the molecule is NC(=O)C(c1ccccc1)N1C(=O)NC2(CCNCC2)C1=O. The van der Waals surface area contributed by atoms with Crippen LogP contribution >= 0.6 is 0 Å². The Morgan fingerprint density at radius 3 is 2.41 bits per heavy atom. The summed E-state index contributed by atoms with van der Waals surface area (Å²) in [5.74, 6) is -1.09. The van der Waals surface area contributed by atoms with E-state index < -0.39 is 23.5 Å². The normalized spacial score (nSPS) is 21.7. The molecule has 116 valence electrons. The maximum Gasteiger partial charge on any atom is 0.326 e. The molecule has 4 N–H and O–H groups in total. The van der Waals surface area contributed by atoms with E-state index in [1.54, 1.807) is 30.3 Å². The van der Waals surface area contributed by atoms with E-state index in [0.29, 0.717) is 31.5 Å². The van der Waals surface area contributed by atoms with Crippen molar-refractivity contribution in [3.63, 3.8) is 0 Å². The highest BCUT2D eigenvalue weighted by Crippen LogP contribution is 2.32. The molecule has 7 heteroatoms. The summed E-state index contributed by atoms with van der Waals surface area (Å²) in [7, 11) is 0. The van der Waals surface area contributed by atoms with Crippen LogP contribution in [0.3, 0.4) is 0 Å². The molecule has 1 aromatic rings. The molecule has 0 aromatic heterocycles. The molecule has 0 aliphatic carbocycles. The fraction of sp³-hybridized carbons (Fsp3) is 0.400. The molecule has 2 fully saturated rings. The van der Waals surface area contributed by atoms with Crippen molar-refractivity contribution in [3.05, 3.63) is 35.9 Å².